The van der Waals surface area contributed by atoms with Crippen LogP contribution in [-0.4, -0.2) is 19.8 Å². The Morgan fingerprint density at radius 3 is 2.15 bits per heavy atom. The zero-order valence-corrected chi connectivity index (χ0v) is 16.9. The lowest BCUT2D eigenvalue weighted by Crippen LogP contribution is -2.32. The van der Waals surface area contributed by atoms with Gasteiger partial charge in [-0.1, -0.05) is 82.0 Å². The van der Waals surface area contributed by atoms with E-state index in [1.807, 2.05) is 0 Å². The third-order valence-corrected chi connectivity index (χ3v) is 5.94. The maximum atomic E-state index is 2.63. The van der Waals surface area contributed by atoms with Crippen LogP contribution >= 0.6 is 0 Å². The van der Waals surface area contributed by atoms with Crippen molar-refractivity contribution in [2.24, 2.45) is 0 Å². The second-order valence-corrected chi connectivity index (χ2v) is 7.90. The lowest BCUT2D eigenvalue weighted by molar-refractivity contribution is 0.651. The van der Waals surface area contributed by atoms with Crippen molar-refractivity contribution in [3.8, 4) is 0 Å². The summed E-state index contributed by atoms with van der Waals surface area (Å²) in [6, 6.07) is 18.1. The normalized spacial score (nSPS) is 13.7. The molecule has 3 aromatic rings. The molecule has 0 atom stereocenters. The quantitative estimate of drug-likeness (QED) is 0.316. The van der Waals surface area contributed by atoms with E-state index < -0.39 is 0 Å². The second-order valence-electron chi connectivity index (χ2n) is 7.90. The summed E-state index contributed by atoms with van der Waals surface area (Å²) in [5.41, 5.74) is 2.90. The fraction of sp³-hybridized carbons (Fsp3) is 0.440. The van der Waals surface area contributed by atoms with E-state index in [9.17, 15) is 0 Å². The molecule has 0 spiro atoms. The molecule has 2 nitrogen and oxygen atoms in total. The molecule has 1 aliphatic heterocycles. The monoisotopic (exact) mass is 360 g/mol. The number of hydrogen-bond acceptors (Lipinski definition) is 2. The van der Waals surface area contributed by atoms with Gasteiger partial charge in [-0.2, -0.15) is 0 Å². The highest BCUT2D eigenvalue weighted by atomic mass is 15.4. The lowest BCUT2D eigenvalue weighted by Gasteiger charge is -2.22. The fourth-order valence-electron chi connectivity index (χ4n) is 4.48. The van der Waals surface area contributed by atoms with Gasteiger partial charge in [-0.25, -0.2) is 0 Å². The molecule has 3 aromatic carbocycles. The number of rotatable bonds is 8. The van der Waals surface area contributed by atoms with Crippen molar-refractivity contribution >= 4 is 32.9 Å². The van der Waals surface area contributed by atoms with Crippen molar-refractivity contribution in [1.29, 1.82) is 0 Å². The molecule has 27 heavy (non-hydrogen) atoms. The van der Waals surface area contributed by atoms with Crippen molar-refractivity contribution in [3.63, 3.8) is 0 Å². The largest absolute Gasteiger partial charge is 0.352 e. The van der Waals surface area contributed by atoms with E-state index >= 15 is 0 Å². The summed E-state index contributed by atoms with van der Waals surface area (Å²) in [4.78, 5) is 5.24. The predicted molar refractivity (Wildman–Crippen MR) is 120 cm³/mol. The summed E-state index contributed by atoms with van der Waals surface area (Å²) < 4.78 is 0. The molecule has 4 rings (SSSR count). The zero-order chi connectivity index (χ0) is 18.6. The van der Waals surface area contributed by atoms with Crippen LogP contribution in [0, 0.1) is 0 Å². The van der Waals surface area contributed by atoms with E-state index in [1.165, 1.54) is 78.0 Å². The minimum Gasteiger partial charge on any atom is -0.352 e. The fourth-order valence-corrected chi connectivity index (χ4v) is 4.48. The highest BCUT2D eigenvalue weighted by Crippen LogP contribution is 2.43. The predicted octanol–water partition coefficient (Wildman–Crippen LogP) is 6.96. The summed E-state index contributed by atoms with van der Waals surface area (Å²) in [6.07, 6.45) is 7.76. The van der Waals surface area contributed by atoms with Crippen LogP contribution in [0.25, 0.3) is 21.5 Å². The minimum absolute atomic E-state index is 1.05. The van der Waals surface area contributed by atoms with Gasteiger partial charge in [-0.05, 0) is 35.1 Å². The van der Waals surface area contributed by atoms with Gasteiger partial charge in [0.05, 0.1) is 18.0 Å². The van der Waals surface area contributed by atoms with E-state index in [2.05, 4.69) is 72.2 Å². The Hall–Kier alpha value is -2.22. The number of benzene rings is 3. The van der Waals surface area contributed by atoms with Crippen LogP contribution < -0.4 is 9.80 Å². The van der Waals surface area contributed by atoms with Crippen LogP contribution in [0.15, 0.2) is 48.5 Å². The van der Waals surface area contributed by atoms with Crippen LogP contribution in [-0.2, 0) is 0 Å². The first-order valence-corrected chi connectivity index (χ1v) is 10.8. The van der Waals surface area contributed by atoms with Gasteiger partial charge in [0.15, 0.2) is 0 Å². The van der Waals surface area contributed by atoms with Gasteiger partial charge in [0.1, 0.15) is 0 Å². The Bertz CT molecular complexity index is 915. The molecule has 142 valence electrons. The number of hydrogen-bond donors (Lipinski definition) is 0. The number of nitrogens with zero attached hydrogens (tertiary/aromatic N) is 2. The molecule has 0 fully saturated rings. The lowest BCUT2D eigenvalue weighted by atomic mass is 9.99. The number of fused-ring (bicyclic) bond motifs is 5. The Morgan fingerprint density at radius 2 is 1.37 bits per heavy atom. The first-order valence-electron chi connectivity index (χ1n) is 10.8. The maximum absolute atomic E-state index is 2.63. The summed E-state index contributed by atoms with van der Waals surface area (Å²) in [6.45, 7) is 7.96. The Kier molecular flexibility index (Phi) is 5.52. The van der Waals surface area contributed by atoms with Crippen molar-refractivity contribution in [2.45, 2.75) is 52.4 Å². The van der Waals surface area contributed by atoms with Gasteiger partial charge >= 0.3 is 0 Å². The molecule has 0 aromatic heterocycles. The van der Waals surface area contributed by atoms with E-state index in [-0.39, 0.29) is 0 Å². The van der Waals surface area contributed by atoms with Crippen molar-refractivity contribution in [2.75, 3.05) is 29.6 Å². The molecule has 1 aliphatic rings. The highest BCUT2D eigenvalue weighted by molar-refractivity contribution is 6.14. The molecule has 0 aliphatic carbocycles. The summed E-state index contributed by atoms with van der Waals surface area (Å²) in [7, 11) is 0. The molecule has 0 bridgehead atoms. The van der Waals surface area contributed by atoms with Crippen molar-refractivity contribution in [1.82, 2.24) is 0 Å². The number of anilines is 2. The molecular weight excluding hydrogens is 328 g/mol. The molecule has 0 radical (unpaired) electrons. The average Bonchev–Trinajstić information content (AvgIpc) is 3.06. The molecule has 0 saturated carbocycles. The average molecular weight is 361 g/mol. The first-order chi connectivity index (χ1) is 13.3. The zero-order valence-electron chi connectivity index (χ0n) is 16.9. The van der Waals surface area contributed by atoms with E-state index in [1.54, 1.807) is 0 Å². The van der Waals surface area contributed by atoms with E-state index in [0.29, 0.717) is 0 Å². The smallest absolute Gasteiger partial charge is 0.0904 e. The van der Waals surface area contributed by atoms with Crippen LogP contribution in [0.5, 0.6) is 0 Å². The summed E-state index contributed by atoms with van der Waals surface area (Å²) in [5, 5.41) is 5.51. The molecule has 2 heteroatoms. The highest BCUT2D eigenvalue weighted by Gasteiger charge is 2.27. The van der Waals surface area contributed by atoms with Crippen LogP contribution in [0.4, 0.5) is 11.4 Å². The topological polar surface area (TPSA) is 6.48 Å². The van der Waals surface area contributed by atoms with Gasteiger partial charge in [-0.3, -0.25) is 0 Å². The standard InChI is InChI=1S/C25H32N2/c1-3-5-9-17-26-19-27(18-10-6-4-2)25-23-14-13-20-11-7-8-12-21(20)22(23)15-16-24(25)26/h7-8,11-16H,3-6,9-10,17-19H2,1-2H3. The van der Waals surface area contributed by atoms with Gasteiger partial charge in [-0.15, -0.1) is 0 Å². The van der Waals surface area contributed by atoms with Crippen LogP contribution in [0.1, 0.15) is 52.4 Å². The third-order valence-electron chi connectivity index (χ3n) is 5.94. The molecular formula is C25H32N2. The van der Waals surface area contributed by atoms with Gasteiger partial charge < -0.3 is 9.80 Å². The Labute approximate surface area is 163 Å². The molecule has 0 amide bonds. The Balaban J connectivity index is 1.77. The first kappa shape index (κ1) is 18.2. The number of unbranched alkanes of at least 4 members (excludes halogenated alkanes) is 4. The minimum atomic E-state index is 1.05. The summed E-state index contributed by atoms with van der Waals surface area (Å²) >= 11 is 0. The van der Waals surface area contributed by atoms with Gasteiger partial charge in [0.2, 0.25) is 0 Å². The van der Waals surface area contributed by atoms with E-state index in [0.717, 1.165) is 13.2 Å². The second kappa shape index (κ2) is 8.21. The SMILES string of the molecule is CCCCCN1CN(CCCCC)c2c1ccc1c2ccc2ccccc21. The molecule has 0 N–H and O–H groups in total. The van der Waals surface area contributed by atoms with E-state index in [4.69, 9.17) is 0 Å². The third kappa shape index (κ3) is 3.50. The van der Waals surface area contributed by atoms with Gasteiger partial charge in [0, 0.05) is 18.5 Å². The van der Waals surface area contributed by atoms with Gasteiger partial charge in [0.25, 0.3) is 0 Å². The molecule has 1 heterocycles. The summed E-state index contributed by atoms with van der Waals surface area (Å²) in [5.74, 6) is 0. The molecule has 0 saturated heterocycles. The van der Waals surface area contributed by atoms with Crippen molar-refractivity contribution < 1.29 is 0 Å². The maximum Gasteiger partial charge on any atom is 0.0904 e. The molecule has 0 unspecified atom stereocenters. The Morgan fingerprint density at radius 1 is 0.667 bits per heavy atom. The van der Waals surface area contributed by atoms with Crippen LogP contribution in [0.2, 0.25) is 0 Å². The van der Waals surface area contributed by atoms with Crippen LogP contribution in [0.3, 0.4) is 0 Å². The van der Waals surface area contributed by atoms with Crippen molar-refractivity contribution in [3.05, 3.63) is 48.5 Å².